The molecule has 0 aromatic rings. The lowest BCUT2D eigenvalue weighted by Gasteiger charge is -2.29. The van der Waals surface area contributed by atoms with Crippen LogP contribution in [0.4, 0.5) is 0 Å². The molecule has 0 aromatic carbocycles. The Balaban J connectivity index is 3.81. The monoisotopic (exact) mass is 266 g/mol. The van der Waals surface area contributed by atoms with Crippen molar-refractivity contribution in [3.8, 4) is 0 Å². The smallest absolute Gasteiger partial charge is 0.0156 e. The lowest BCUT2D eigenvalue weighted by Crippen LogP contribution is -2.26. The highest BCUT2D eigenvalue weighted by molar-refractivity contribution is 8.00. The molecule has 0 aliphatic rings. The Morgan fingerprint density at radius 3 is 1.27 bits per heavy atom. The Hall–Kier alpha value is 1.05. The Bertz CT molecular complexity index is 156. The van der Waals surface area contributed by atoms with Gasteiger partial charge in [-0.15, -0.1) is 0 Å². The third kappa shape index (κ3) is 7.06. The lowest BCUT2D eigenvalue weighted by molar-refractivity contribution is 0.412. The van der Waals surface area contributed by atoms with E-state index in [4.69, 9.17) is 0 Å². The van der Waals surface area contributed by atoms with Crippen molar-refractivity contribution in [2.45, 2.75) is 52.0 Å². The van der Waals surface area contributed by atoms with Gasteiger partial charge in [0.05, 0.1) is 0 Å². The van der Waals surface area contributed by atoms with Gasteiger partial charge in [0.1, 0.15) is 0 Å². The molecule has 0 aliphatic heterocycles. The number of thiol groups is 2. The van der Waals surface area contributed by atoms with Crippen molar-refractivity contribution >= 4 is 37.0 Å². The number of rotatable bonds is 4. The molecule has 0 amide bonds. The number of thioether (sulfide) groups is 1. The van der Waals surface area contributed by atoms with E-state index in [0.717, 1.165) is 11.5 Å². The molecule has 0 heterocycles. The first-order chi connectivity index (χ1) is 6.55. The summed E-state index contributed by atoms with van der Waals surface area (Å²) in [4.78, 5) is 0. The average molecular weight is 267 g/mol. The highest BCUT2D eigenvalue weighted by Crippen LogP contribution is 2.30. The standard InChI is InChI=1S/C12H26S3/c1-11(2,3)9(13)7-15-8-10(14)12(4,5)6/h9-10,13-14H,7-8H2,1-6H3. The van der Waals surface area contributed by atoms with Crippen LogP contribution >= 0.6 is 37.0 Å². The molecule has 0 aliphatic carbocycles. The van der Waals surface area contributed by atoms with Crippen LogP contribution < -0.4 is 0 Å². The van der Waals surface area contributed by atoms with Crippen LogP contribution in [0.25, 0.3) is 0 Å². The molecule has 2 unspecified atom stereocenters. The minimum absolute atomic E-state index is 0.296. The quantitative estimate of drug-likeness (QED) is 0.711. The Morgan fingerprint density at radius 2 is 1.07 bits per heavy atom. The molecule has 0 bridgehead atoms. The Labute approximate surface area is 111 Å². The molecule has 15 heavy (non-hydrogen) atoms. The predicted octanol–water partition coefficient (Wildman–Crippen LogP) is 4.41. The lowest BCUT2D eigenvalue weighted by atomic mass is 9.93. The molecule has 3 heteroatoms. The van der Waals surface area contributed by atoms with Crippen molar-refractivity contribution in [1.82, 2.24) is 0 Å². The molecule has 92 valence electrons. The number of hydrogen-bond donors (Lipinski definition) is 2. The Morgan fingerprint density at radius 1 is 0.800 bits per heavy atom. The molecular formula is C12H26S3. The van der Waals surface area contributed by atoms with E-state index in [1.54, 1.807) is 0 Å². The predicted molar refractivity (Wildman–Crippen MR) is 81.8 cm³/mol. The van der Waals surface area contributed by atoms with Crippen LogP contribution in [0.3, 0.4) is 0 Å². The molecule has 0 aromatic heterocycles. The van der Waals surface area contributed by atoms with Crippen LogP contribution in [-0.2, 0) is 0 Å². The topological polar surface area (TPSA) is 0 Å². The molecule has 0 rings (SSSR count). The fraction of sp³-hybridized carbons (Fsp3) is 1.00. The second-order valence-corrected chi connectivity index (χ2v) is 8.62. The maximum atomic E-state index is 4.64. The van der Waals surface area contributed by atoms with E-state index in [1.807, 2.05) is 11.8 Å². The second-order valence-electron chi connectivity index (χ2n) is 6.30. The Kier molecular flexibility index (Phi) is 6.54. The SMILES string of the molecule is CC(C)(C)C(S)CSCC(S)C(C)(C)C. The minimum atomic E-state index is 0.296. The van der Waals surface area contributed by atoms with Crippen LogP contribution in [0.1, 0.15) is 41.5 Å². The summed E-state index contributed by atoms with van der Waals surface area (Å²) < 4.78 is 0. The van der Waals surface area contributed by atoms with Crippen LogP contribution in [0.15, 0.2) is 0 Å². The van der Waals surface area contributed by atoms with Crippen molar-refractivity contribution in [1.29, 1.82) is 0 Å². The number of hydrogen-bond acceptors (Lipinski definition) is 3. The minimum Gasteiger partial charge on any atom is -0.175 e. The van der Waals surface area contributed by atoms with Gasteiger partial charge in [0.25, 0.3) is 0 Å². The van der Waals surface area contributed by atoms with Gasteiger partial charge in [-0.2, -0.15) is 37.0 Å². The fourth-order valence-corrected chi connectivity index (χ4v) is 3.01. The van der Waals surface area contributed by atoms with Crippen LogP contribution in [-0.4, -0.2) is 22.0 Å². The van der Waals surface area contributed by atoms with Crippen LogP contribution in [0, 0.1) is 10.8 Å². The van der Waals surface area contributed by atoms with E-state index < -0.39 is 0 Å². The largest absolute Gasteiger partial charge is 0.175 e. The average Bonchev–Trinajstić information content (AvgIpc) is 2.00. The fourth-order valence-electron chi connectivity index (χ4n) is 0.791. The van der Waals surface area contributed by atoms with Crippen molar-refractivity contribution in [3.05, 3.63) is 0 Å². The van der Waals surface area contributed by atoms with Crippen molar-refractivity contribution in [3.63, 3.8) is 0 Å². The maximum absolute atomic E-state index is 4.64. The normalized spacial score (nSPS) is 17.6. The van der Waals surface area contributed by atoms with E-state index >= 15 is 0 Å². The molecule has 0 saturated heterocycles. The van der Waals surface area contributed by atoms with E-state index in [2.05, 4.69) is 66.8 Å². The molecule has 0 spiro atoms. The molecule has 0 saturated carbocycles. The van der Waals surface area contributed by atoms with Crippen LogP contribution in [0.2, 0.25) is 0 Å². The zero-order chi connectivity index (χ0) is 12.3. The van der Waals surface area contributed by atoms with Gasteiger partial charge in [0.15, 0.2) is 0 Å². The van der Waals surface area contributed by atoms with E-state index in [-0.39, 0.29) is 0 Å². The summed E-state index contributed by atoms with van der Waals surface area (Å²) in [6.45, 7) is 13.5. The third-order valence-corrected chi connectivity index (χ3v) is 6.10. The summed E-state index contributed by atoms with van der Waals surface area (Å²) in [5, 5.41) is 0.922. The van der Waals surface area contributed by atoms with Gasteiger partial charge in [-0.05, 0) is 10.8 Å². The summed E-state index contributed by atoms with van der Waals surface area (Å²) in [6, 6.07) is 0. The zero-order valence-corrected chi connectivity index (χ0v) is 13.5. The van der Waals surface area contributed by atoms with Gasteiger partial charge >= 0.3 is 0 Å². The van der Waals surface area contributed by atoms with E-state index in [0.29, 0.717) is 21.3 Å². The molecular weight excluding hydrogens is 240 g/mol. The third-order valence-electron chi connectivity index (χ3n) is 2.55. The first-order valence-electron chi connectivity index (χ1n) is 5.49. The molecule has 0 nitrogen and oxygen atoms in total. The van der Waals surface area contributed by atoms with Gasteiger partial charge in [-0.25, -0.2) is 0 Å². The van der Waals surface area contributed by atoms with Crippen molar-refractivity contribution in [2.75, 3.05) is 11.5 Å². The molecule has 0 N–H and O–H groups in total. The van der Waals surface area contributed by atoms with Gasteiger partial charge in [0.2, 0.25) is 0 Å². The summed E-state index contributed by atoms with van der Waals surface area (Å²) in [5.74, 6) is 2.22. The van der Waals surface area contributed by atoms with Gasteiger partial charge in [-0.3, -0.25) is 0 Å². The summed E-state index contributed by atoms with van der Waals surface area (Å²) >= 11 is 11.3. The second kappa shape index (κ2) is 6.11. The maximum Gasteiger partial charge on any atom is 0.0156 e. The van der Waals surface area contributed by atoms with Gasteiger partial charge < -0.3 is 0 Å². The highest BCUT2D eigenvalue weighted by Gasteiger charge is 2.23. The zero-order valence-electron chi connectivity index (χ0n) is 10.9. The highest BCUT2D eigenvalue weighted by atomic mass is 32.2. The van der Waals surface area contributed by atoms with Gasteiger partial charge in [-0.1, -0.05) is 41.5 Å². The first kappa shape index (κ1) is 16.1. The summed E-state index contributed by atoms with van der Waals surface area (Å²) in [5.41, 5.74) is 0.591. The van der Waals surface area contributed by atoms with Gasteiger partial charge in [0, 0.05) is 22.0 Å². The van der Waals surface area contributed by atoms with Crippen molar-refractivity contribution < 1.29 is 0 Å². The molecule has 0 fully saturated rings. The van der Waals surface area contributed by atoms with E-state index in [9.17, 15) is 0 Å². The van der Waals surface area contributed by atoms with Crippen LogP contribution in [0.5, 0.6) is 0 Å². The first-order valence-corrected chi connectivity index (χ1v) is 7.68. The summed E-state index contributed by atoms with van der Waals surface area (Å²) in [6.07, 6.45) is 0. The van der Waals surface area contributed by atoms with Crippen molar-refractivity contribution in [2.24, 2.45) is 10.8 Å². The molecule has 2 atom stereocenters. The summed E-state index contributed by atoms with van der Waals surface area (Å²) in [7, 11) is 0. The molecule has 0 radical (unpaired) electrons. The van der Waals surface area contributed by atoms with E-state index in [1.165, 1.54) is 0 Å².